The van der Waals surface area contributed by atoms with Crippen LogP contribution in [0.5, 0.6) is 0 Å². The lowest BCUT2D eigenvalue weighted by molar-refractivity contribution is -0.132. The molecule has 1 aliphatic heterocycles. The van der Waals surface area contributed by atoms with Crippen LogP contribution in [0.15, 0.2) is 4.42 Å². The van der Waals surface area contributed by atoms with Gasteiger partial charge in [0.25, 0.3) is 0 Å². The topological polar surface area (TPSA) is 97.3 Å². The van der Waals surface area contributed by atoms with Crippen LogP contribution in [-0.4, -0.2) is 40.1 Å². The van der Waals surface area contributed by atoms with Crippen molar-refractivity contribution in [3.8, 4) is 0 Å². The van der Waals surface area contributed by atoms with Crippen LogP contribution in [0.1, 0.15) is 32.1 Å². The molecule has 0 saturated carbocycles. The summed E-state index contributed by atoms with van der Waals surface area (Å²) in [5.41, 5.74) is 5.37. The van der Waals surface area contributed by atoms with E-state index in [4.69, 9.17) is 10.2 Å². The Labute approximate surface area is 106 Å². The van der Waals surface area contributed by atoms with Crippen LogP contribution in [0.3, 0.4) is 0 Å². The largest absolute Gasteiger partial charge is 0.407 e. The van der Waals surface area contributed by atoms with E-state index >= 15 is 0 Å². The smallest absolute Gasteiger partial charge is 0.316 e. The first-order chi connectivity index (χ1) is 8.70. The van der Waals surface area contributed by atoms with Crippen LogP contribution in [0, 0.1) is 0 Å². The monoisotopic (exact) mass is 253 g/mol. The minimum absolute atomic E-state index is 0.0715. The fraction of sp³-hybridized carbons (Fsp3) is 0.727. The van der Waals surface area contributed by atoms with Gasteiger partial charge in [-0.1, -0.05) is 5.10 Å². The molecule has 1 saturated heterocycles. The van der Waals surface area contributed by atoms with E-state index in [0.29, 0.717) is 5.89 Å². The van der Waals surface area contributed by atoms with Gasteiger partial charge in [0, 0.05) is 13.1 Å². The third kappa shape index (κ3) is 2.98. The highest BCUT2D eigenvalue weighted by Crippen LogP contribution is 2.12. The van der Waals surface area contributed by atoms with Crippen LogP contribution in [-0.2, 0) is 11.3 Å². The molecule has 1 aliphatic rings. The minimum atomic E-state index is -0.367. The molecule has 0 spiro atoms. The number of anilines is 1. The van der Waals surface area contributed by atoms with Crippen molar-refractivity contribution in [2.75, 3.05) is 18.4 Å². The number of nitrogens with zero attached hydrogens (tertiary/aromatic N) is 3. The Morgan fingerprint density at radius 1 is 1.44 bits per heavy atom. The van der Waals surface area contributed by atoms with E-state index in [1.54, 1.807) is 6.92 Å². The van der Waals surface area contributed by atoms with Gasteiger partial charge in [-0.15, -0.1) is 5.10 Å². The molecule has 3 N–H and O–H groups in total. The SMILES string of the molecule is CC(Nc1nnc(CN)o1)C(=O)N1CCCCC1. The first kappa shape index (κ1) is 12.8. The molecule has 2 heterocycles. The molecule has 1 unspecified atom stereocenters. The van der Waals surface area contributed by atoms with Crippen LogP contribution < -0.4 is 11.1 Å². The van der Waals surface area contributed by atoms with E-state index in [0.717, 1.165) is 25.9 Å². The number of nitrogens with one attached hydrogen (secondary N) is 1. The normalized spacial score (nSPS) is 17.6. The molecular weight excluding hydrogens is 234 g/mol. The summed E-state index contributed by atoms with van der Waals surface area (Å²) in [6.45, 7) is 3.66. The number of piperidine rings is 1. The second-order valence-electron chi connectivity index (χ2n) is 4.46. The van der Waals surface area contributed by atoms with E-state index in [2.05, 4.69) is 15.5 Å². The summed E-state index contributed by atoms with van der Waals surface area (Å²) in [6, 6.07) is -0.123. The van der Waals surface area contributed by atoms with E-state index < -0.39 is 0 Å². The van der Waals surface area contributed by atoms with Crippen molar-refractivity contribution in [1.82, 2.24) is 15.1 Å². The summed E-state index contributed by atoms with van der Waals surface area (Å²) < 4.78 is 5.21. The zero-order chi connectivity index (χ0) is 13.0. The zero-order valence-corrected chi connectivity index (χ0v) is 10.6. The van der Waals surface area contributed by atoms with Crippen molar-refractivity contribution in [3.05, 3.63) is 5.89 Å². The van der Waals surface area contributed by atoms with E-state index in [1.165, 1.54) is 6.42 Å². The van der Waals surface area contributed by atoms with E-state index in [-0.39, 0.29) is 24.5 Å². The van der Waals surface area contributed by atoms with Gasteiger partial charge in [-0.2, -0.15) is 0 Å². The molecule has 0 bridgehead atoms. The first-order valence-corrected chi connectivity index (χ1v) is 6.28. The molecule has 1 aromatic heterocycles. The summed E-state index contributed by atoms with van der Waals surface area (Å²) in [5, 5.41) is 10.4. The molecule has 0 aromatic carbocycles. The molecular formula is C11H19N5O2. The van der Waals surface area contributed by atoms with Crippen molar-refractivity contribution in [3.63, 3.8) is 0 Å². The molecule has 1 aromatic rings. The number of hydrogen-bond donors (Lipinski definition) is 2. The summed E-state index contributed by atoms with van der Waals surface area (Å²) in [6.07, 6.45) is 3.36. The van der Waals surface area contributed by atoms with Crippen molar-refractivity contribution < 1.29 is 9.21 Å². The molecule has 7 nitrogen and oxygen atoms in total. The van der Waals surface area contributed by atoms with Gasteiger partial charge >= 0.3 is 6.01 Å². The number of hydrogen-bond acceptors (Lipinski definition) is 6. The predicted octanol–water partition coefficient (Wildman–Crippen LogP) is 0.341. The van der Waals surface area contributed by atoms with Gasteiger partial charge in [0.15, 0.2) is 0 Å². The molecule has 2 rings (SSSR count). The fourth-order valence-electron chi connectivity index (χ4n) is 2.03. The van der Waals surface area contributed by atoms with Crippen molar-refractivity contribution in [2.45, 2.75) is 38.8 Å². The minimum Gasteiger partial charge on any atom is -0.407 e. The fourth-order valence-corrected chi connectivity index (χ4v) is 2.03. The maximum Gasteiger partial charge on any atom is 0.316 e. The molecule has 1 fully saturated rings. The lowest BCUT2D eigenvalue weighted by Gasteiger charge is -2.29. The zero-order valence-electron chi connectivity index (χ0n) is 10.6. The molecule has 100 valence electrons. The van der Waals surface area contributed by atoms with Crippen LogP contribution in [0.25, 0.3) is 0 Å². The second kappa shape index (κ2) is 5.81. The maximum atomic E-state index is 12.1. The Balaban J connectivity index is 1.89. The Morgan fingerprint density at radius 2 is 2.17 bits per heavy atom. The molecule has 18 heavy (non-hydrogen) atoms. The van der Waals surface area contributed by atoms with E-state index in [1.807, 2.05) is 4.90 Å². The van der Waals surface area contributed by atoms with Crippen molar-refractivity contribution >= 4 is 11.9 Å². The van der Waals surface area contributed by atoms with Gasteiger partial charge in [-0.05, 0) is 26.2 Å². The lowest BCUT2D eigenvalue weighted by atomic mass is 10.1. The van der Waals surface area contributed by atoms with Gasteiger partial charge in [0.1, 0.15) is 6.04 Å². The van der Waals surface area contributed by atoms with Gasteiger partial charge in [0.05, 0.1) is 6.54 Å². The molecule has 0 aliphatic carbocycles. The van der Waals surface area contributed by atoms with Gasteiger partial charge in [-0.25, -0.2) is 0 Å². The summed E-state index contributed by atoms with van der Waals surface area (Å²) >= 11 is 0. The van der Waals surface area contributed by atoms with Crippen LogP contribution in [0.4, 0.5) is 6.01 Å². The Hall–Kier alpha value is -1.63. The first-order valence-electron chi connectivity index (χ1n) is 6.28. The number of aromatic nitrogens is 2. The van der Waals surface area contributed by atoms with E-state index in [9.17, 15) is 4.79 Å². The van der Waals surface area contributed by atoms with Crippen molar-refractivity contribution in [2.24, 2.45) is 5.73 Å². The quantitative estimate of drug-likeness (QED) is 0.803. The van der Waals surface area contributed by atoms with Gasteiger partial charge < -0.3 is 20.4 Å². The third-order valence-corrected chi connectivity index (χ3v) is 3.02. The highest BCUT2D eigenvalue weighted by molar-refractivity contribution is 5.83. The summed E-state index contributed by atoms with van der Waals surface area (Å²) in [7, 11) is 0. The number of carbonyl (C=O) groups is 1. The maximum absolute atomic E-state index is 12.1. The Bertz CT molecular complexity index is 400. The van der Waals surface area contributed by atoms with Crippen LogP contribution >= 0.6 is 0 Å². The molecule has 1 atom stereocenters. The second-order valence-corrected chi connectivity index (χ2v) is 4.46. The van der Waals surface area contributed by atoms with Gasteiger partial charge in [-0.3, -0.25) is 4.79 Å². The predicted molar refractivity (Wildman–Crippen MR) is 65.7 cm³/mol. The highest BCUT2D eigenvalue weighted by atomic mass is 16.4. The average Bonchev–Trinajstić information content (AvgIpc) is 2.86. The van der Waals surface area contributed by atoms with Crippen molar-refractivity contribution in [1.29, 1.82) is 0 Å². The van der Waals surface area contributed by atoms with Gasteiger partial charge in [0.2, 0.25) is 11.8 Å². The third-order valence-electron chi connectivity index (χ3n) is 3.02. The lowest BCUT2D eigenvalue weighted by Crippen LogP contribution is -2.43. The number of likely N-dealkylation sites (tertiary alicyclic amines) is 1. The molecule has 7 heteroatoms. The standard InChI is InChI=1S/C11H19N5O2/c1-8(10(17)16-5-3-2-4-6-16)13-11-15-14-9(7-12)18-11/h8H,2-7,12H2,1H3,(H,13,15). The number of rotatable bonds is 4. The summed E-state index contributed by atoms with van der Waals surface area (Å²) in [5.74, 6) is 0.428. The average molecular weight is 253 g/mol. The Morgan fingerprint density at radius 3 is 2.78 bits per heavy atom. The Kier molecular flexibility index (Phi) is 4.14. The number of carbonyl (C=O) groups excluding carboxylic acids is 1. The highest BCUT2D eigenvalue weighted by Gasteiger charge is 2.23. The molecule has 1 amide bonds. The number of nitrogens with two attached hydrogens (primary N) is 1. The van der Waals surface area contributed by atoms with Crippen LogP contribution in [0.2, 0.25) is 0 Å². The summed E-state index contributed by atoms with van der Waals surface area (Å²) in [4.78, 5) is 14.0. The number of amides is 1. The molecule has 0 radical (unpaired) electrons.